The first-order valence-electron chi connectivity index (χ1n) is 5.89. The van der Waals surface area contributed by atoms with Gasteiger partial charge in [0.15, 0.2) is 0 Å². The van der Waals surface area contributed by atoms with Crippen LogP contribution in [-0.2, 0) is 0 Å². The predicted molar refractivity (Wildman–Crippen MR) is 74.7 cm³/mol. The molecule has 1 aromatic heterocycles. The van der Waals surface area contributed by atoms with Gasteiger partial charge in [-0.25, -0.2) is 9.98 Å². The lowest BCUT2D eigenvalue weighted by atomic mass is 10.1. The quantitative estimate of drug-likeness (QED) is 0.714. The lowest BCUT2D eigenvalue weighted by molar-refractivity contribution is -0.0596. The number of thiophene rings is 1. The molecular weight excluding hydrogens is 285 g/mol. The van der Waals surface area contributed by atoms with Gasteiger partial charge in [0.25, 0.3) is 0 Å². The highest BCUT2D eigenvalue weighted by Crippen LogP contribution is 2.35. The summed E-state index contributed by atoms with van der Waals surface area (Å²) >= 11 is 1.37. The van der Waals surface area contributed by atoms with Gasteiger partial charge in [0, 0.05) is 11.3 Å². The number of para-hydroxylation sites is 2. The van der Waals surface area contributed by atoms with Crippen LogP contribution >= 0.6 is 11.3 Å². The van der Waals surface area contributed by atoms with Crippen molar-refractivity contribution in [3.05, 3.63) is 46.7 Å². The Hall–Kier alpha value is -1.95. The summed E-state index contributed by atoms with van der Waals surface area (Å²) in [7, 11) is 0. The summed E-state index contributed by atoms with van der Waals surface area (Å²) in [6.45, 7) is 0. The number of fused-ring (bicyclic) bond motifs is 1. The van der Waals surface area contributed by atoms with Crippen LogP contribution in [0.2, 0.25) is 0 Å². The normalized spacial score (nSPS) is 15.2. The van der Waals surface area contributed by atoms with Crippen LogP contribution in [0.25, 0.3) is 0 Å². The molecule has 1 aliphatic heterocycles. The van der Waals surface area contributed by atoms with E-state index in [0.717, 1.165) is 4.88 Å². The number of hydrogen-bond donors (Lipinski definition) is 0. The molecule has 2 heterocycles. The van der Waals surface area contributed by atoms with Crippen LogP contribution < -0.4 is 0 Å². The van der Waals surface area contributed by atoms with Gasteiger partial charge in [-0.1, -0.05) is 18.2 Å². The average Bonchev–Trinajstić information content (AvgIpc) is 2.84. The molecule has 102 valence electrons. The Bertz CT molecular complexity index is 685. The third-order valence-corrected chi connectivity index (χ3v) is 3.78. The molecule has 0 unspecified atom stereocenters. The molecular formula is C14H9F3N2S. The van der Waals surface area contributed by atoms with E-state index in [1.54, 1.807) is 36.4 Å². The molecule has 0 N–H and O–H groups in total. The van der Waals surface area contributed by atoms with Crippen LogP contribution in [0.3, 0.4) is 0 Å². The van der Waals surface area contributed by atoms with Crippen molar-refractivity contribution in [3.63, 3.8) is 0 Å². The van der Waals surface area contributed by atoms with Crippen LogP contribution in [0.1, 0.15) is 11.3 Å². The van der Waals surface area contributed by atoms with Gasteiger partial charge in [-0.15, -0.1) is 11.3 Å². The van der Waals surface area contributed by atoms with Gasteiger partial charge in [-0.05, 0) is 23.6 Å². The fourth-order valence-corrected chi connectivity index (χ4v) is 2.65. The zero-order valence-electron chi connectivity index (χ0n) is 10.2. The Balaban J connectivity index is 2.16. The third kappa shape index (κ3) is 2.51. The number of alkyl halides is 3. The first kappa shape index (κ1) is 13.1. The second-order valence-corrected chi connectivity index (χ2v) is 5.21. The summed E-state index contributed by atoms with van der Waals surface area (Å²) in [4.78, 5) is 8.84. The Kier molecular flexibility index (Phi) is 3.17. The minimum Gasteiger partial charge on any atom is -0.249 e. The topological polar surface area (TPSA) is 24.7 Å². The highest BCUT2D eigenvalue weighted by atomic mass is 32.1. The van der Waals surface area contributed by atoms with E-state index in [9.17, 15) is 13.2 Å². The maximum atomic E-state index is 13.0. The van der Waals surface area contributed by atoms with E-state index in [2.05, 4.69) is 9.98 Å². The van der Waals surface area contributed by atoms with Gasteiger partial charge < -0.3 is 0 Å². The average molecular weight is 294 g/mol. The highest BCUT2D eigenvalue weighted by molar-refractivity contribution is 7.12. The lowest BCUT2D eigenvalue weighted by Gasteiger charge is -2.09. The van der Waals surface area contributed by atoms with E-state index in [-0.39, 0.29) is 12.1 Å². The monoisotopic (exact) mass is 294 g/mol. The third-order valence-electron chi connectivity index (χ3n) is 2.86. The zero-order valence-corrected chi connectivity index (χ0v) is 11.0. The molecule has 0 bridgehead atoms. The number of hydrogen-bond acceptors (Lipinski definition) is 3. The number of aliphatic imine (C=N–C) groups is 2. The molecule has 0 saturated carbocycles. The summed E-state index contributed by atoms with van der Waals surface area (Å²) < 4.78 is 39.1. The van der Waals surface area contributed by atoms with Crippen molar-refractivity contribution in [1.82, 2.24) is 0 Å². The van der Waals surface area contributed by atoms with Gasteiger partial charge >= 0.3 is 6.18 Å². The van der Waals surface area contributed by atoms with E-state index in [4.69, 9.17) is 0 Å². The molecule has 1 aliphatic rings. The molecule has 2 aromatic rings. The van der Waals surface area contributed by atoms with Crippen molar-refractivity contribution in [2.75, 3.05) is 0 Å². The van der Waals surface area contributed by atoms with Gasteiger partial charge in [-0.2, -0.15) is 13.2 Å². The minimum absolute atomic E-state index is 0.256. The maximum absolute atomic E-state index is 13.0. The van der Waals surface area contributed by atoms with E-state index in [0.29, 0.717) is 11.4 Å². The van der Waals surface area contributed by atoms with Crippen molar-refractivity contribution < 1.29 is 13.2 Å². The van der Waals surface area contributed by atoms with Gasteiger partial charge in [-0.3, -0.25) is 0 Å². The van der Waals surface area contributed by atoms with E-state index < -0.39 is 11.9 Å². The number of benzene rings is 1. The van der Waals surface area contributed by atoms with E-state index in [1.807, 2.05) is 5.38 Å². The standard InChI is InChI=1S/C14H9F3N2S/c15-14(16,17)13-8-11(12-6-3-7-20-12)18-9-4-1-2-5-10(9)19-13/h1-7H,8H2. The van der Waals surface area contributed by atoms with Crippen molar-refractivity contribution >= 4 is 34.1 Å². The Labute approximate surface area is 117 Å². The number of halogens is 3. The van der Waals surface area contributed by atoms with Gasteiger partial charge in [0.1, 0.15) is 5.71 Å². The van der Waals surface area contributed by atoms with E-state index in [1.165, 1.54) is 11.3 Å². The maximum Gasteiger partial charge on any atom is 0.429 e. The highest BCUT2D eigenvalue weighted by Gasteiger charge is 2.37. The molecule has 0 saturated heterocycles. The van der Waals surface area contributed by atoms with Crippen LogP contribution in [0.15, 0.2) is 51.8 Å². The van der Waals surface area contributed by atoms with Crippen molar-refractivity contribution in [2.24, 2.45) is 9.98 Å². The molecule has 20 heavy (non-hydrogen) atoms. The van der Waals surface area contributed by atoms with Gasteiger partial charge in [0.05, 0.1) is 17.1 Å². The van der Waals surface area contributed by atoms with Crippen molar-refractivity contribution in [3.8, 4) is 0 Å². The van der Waals surface area contributed by atoms with Crippen LogP contribution in [-0.4, -0.2) is 17.6 Å². The molecule has 6 heteroatoms. The fraction of sp³-hybridized carbons (Fsp3) is 0.143. The largest absolute Gasteiger partial charge is 0.429 e. The predicted octanol–water partition coefficient (Wildman–Crippen LogP) is 4.91. The lowest BCUT2D eigenvalue weighted by Crippen LogP contribution is -2.25. The summed E-state index contributed by atoms with van der Waals surface area (Å²) in [6.07, 6.45) is -4.76. The minimum atomic E-state index is -4.45. The van der Waals surface area contributed by atoms with Crippen LogP contribution in [0, 0.1) is 0 Å². The Morgan fingerprint density at radius 1 is 0.950 bits per heavy atom. The van der Waals surface area contributed by atoms with Crippen LogP contribution in [0.5, 0.6) is 0 Å². The first-order chi connectivity index (χ1) is 9.54. The summed E-state index contributed by atoms with van der Waals surface area (Å²) in [5.41, 5.74) is 0.317. The fourth-order valence-electron chi connectivity index (χ4n) is 1.93. The Morgan fingerprint density at radius 3 is 2.25 bits per heavy atom. The summed E-state index contributed by atoms with van der Waals surface area (Å²) in [5.74, 6) is 0. The number of nitrogens with zero attached hydrogens (tertiary/aromatic N) is 2. The first-order valence-corrected chi connectivity index (χ1v) is 6.77. The van der Waals surface area contributed by atoms with Crippen LogP contribution in [0.4, 0.5) is 24.5 Å². The zero-order chi connectivity index (χ0) is 14.2. The second kappa shape index (κ2) is 4.86. The van der Waals surface area contributed by atoms with Crippen molar-refractivity contribution in [1.29, 1.82) is 0 Å². The molecule has 0 spiro atoms. The molecule has 0 amide bonds. The molecule has 2 nitrogen and oxygen atoms in total. The molecule has 0 fully saturated rings. The Morgan fingerprint density at radius 2 is 1.65 bits per heavy atom. The number of rotatable bonds is 1. The molecule has 3 rings (SSSR count). The summed E-state index contributed by atoms with van der Waals surface area (Å²) in [6, 6.07) is 10.2. The SMILES string of the molecule is FC(F)(F)C1=Nc2ccccc2N=C(c2cccs2)C1. The van der Waals surface area contributed by atoms with E-state index >= 15 is 0 Å². The van der Waals surface area contributed by atoms with Crippen molar-refractivity contribution in [2.45, 2.75) is 12.6 Å². The molecule has 0 radical (unpaired) electrons. The molecule has 0 aliphatic carbocycles. The smallest absolute Gasteiger partial charge is 0.249 e. The summed E-state index contributed by atoms with van der Waals surface area (Å²) in [5, 5.41) is 1.82. The van der Waals surface area contributed by atoms with Gasteiger partial charge in [0.2, 0.25) is 0 Å². The second-order valence-electron chi connectivity index (χ2n) is 4.26. The molecule has 0 atom stereocenters. The molecule has 1 aromatic carbocycles.